The Morgan fingerprint density at radius 1 is 1.44 bits per heavy atom. The summed E-state index contributed by atoms with van der Waals surface area (Å²) in [5.41, 5.74) is -0.757. The minimum absolute atomic E-state index is 0.432. The Balaban J connectivity index is 1.87. The first-order chi connectivity index (χ1) is 8.40. The molecule has 3 atom stereocenters. The summed E-state index contributed by atoms with van der Waals surface area (Å²) < 4.78 is 0. The highest BCUT2D eigenvalue weighted by molar-refractivity contribution is 5.78. The summed E-state index contributed by atoms with van der Waals surface area (Å²) in [5, 5.41) is 12.7. The fourth-order valence-electron chi connectivity index (χ4n) is 2.98. The van der Waals surface area contributed by atoms with Gasteiger partial charge in [0, 0.05) is 25.2 Å². The van der Waals surface area contributed by atoms with Gasteiger partial charge in [-0.25, -0.2) is 0 Å². The quantitative estimate of drug-likeness (QED) is 0.757. The van der Waals surface area contributed by atoms with Crippen molar-refractivity contribution < 1.29 is 9.90 Å². The molecule has 2 fully saturated rings. The first-order valence-electron chi connectivity index (χ1n) is 7.16. The van der Waals surface area contributed by atoms with Gasteiger partial charge < -0.3 is 10.0 Å². The first-order valence-corrected chi connectivity index (χ1v) is 7.16. The number of nitrogens with one attached hydrogen (secondary N) is 1. The number of carbonyl (C=O) groups is 1. The van der Waals surface area contributed by atoms with E-state index < -0.39 is 11.5 Å². The van der Waals surface area contributed by atoms with Crippen LogP contribution in [0, 0.1) is 5.92 Å². The van der Waals surface area contributed by atoms with E-state index in [0.717, 1.165) is 31.8 Å². The fourth-order valence-corrected chi connectivity index (χ4v) is 2.98. The fraction of sp³-hybridized carbons (Fsp3) is 0.929. The molecule has 0 amide bonds. The van der Waals surface area contributed by atoms with Gasteiger partial charge >= 0.3 is 5.97 Å². The van der Waals surface area contributed by atoms with Crippen LogP contribution >= 0.6 is 0 Å². The molecule has 1 heterocycles. The number of aliphatic carboxylic acids is 1. The summed E-state index contributed by atoms with van der Waals surface area (Å²) in [4.78, 5) is 13.9. The van der Waals surface area contributed by atoms with Crippen LogP contribution in [0.4, 0.5) is 0 Å². The molecule has 18 heavy (non-hydrogen) atoms. The minimum Gasteiger partial charge on any atom is -0.480 e. The Morgan fingerprint density at radius 2 is 2.11 bits per heavy atom. The van der Waals surface area contributed by atoms with Crippen LogP contribution in [0.15, 0.2) is 0 Å². The van der Waals surface area contributed by atoms with Crippen LogP contribution in [0.2, 0.25) is 0 Å². The lowest BCUT2D eigenvalue weighted by Crippen LogP contribution is -2.52. The van der Waals surface area contributed by atoms with Crippen LogP contribution in [0.1, 0.15) is 46.5 Å². The van der Waals surface area contributed by atoms with E-state index in [1.807, 2.05) is 6.92 Å². The molecule has 0 spiro atoms. The summed E-state index contributed by atoms with van der Waals surface area (Å²) in [6, 6.07) is 1.03. The van der Waals surface area contributed by atoms with E-state index in [2.05, 4.69) is 24.1 Å². The van der Waals surface area contributed by atoms with Gasteiger partial charge in [0.05, 0.1) is 0 Å². The molecule has 104 valence electrons. The van der Waals surface area contributed by atoms with Gasteiger partial charge in [-0.15, -0.1) is 0 Å². The van der Waals surface area contributed by atoms with Gasteiger partial charge in [-0.1, -0.05) is 6.92 Å². The van der Waals surface area contributed by atoms with E-state index in [-0.39, 0.29) is 0 Å². The number of carboxylic acid groups (broad SMARTS) is 1. The van der Waals surface area contributed by atoms with E-state index in [1.54, 1.807) is 0 Å². The van der Waals surface area contributed by atoms with Crippen LogP contribution in [0.25, 0.3) is 0 Å². The van der Waals surface area contributed by atoms with Crippen molar-refractivity contribution in [1.82, 2.24) is 10.2 Å². The molecule has 1 aliphatic carbocycles. The molecule has 2 rings (SSSR count). The summed E-state index contributed by atoms with van der Waals surface area (Å²) >= 11 is 0. The lowest BCUT2D eigenvalue weighted by molar-refractivity contribution is -0.144. The molecule has 4 heteroatoms. The second kappa shape index (κ2) is 5.17. The zero-order chi connectivity index (χ0) is 13.3. The Kier molecular flexibility index (Phi) is 3.97. The highest BCUT2D eigenvalue weighted by Gasteiger charge is 2.39. The second-order valence-corrected chi connectivity index (χ2v) is 6.49. The van der Waals surface area contributed by atoms with E-state index >= 15 is 0 Å². The normalized spacial score (nSPS) is 32.4. The van der Waals surface area contributed by atoms with Gasteiger partial charge in [-0.2, -0.15) is 0 Å². The number of hydrogen-bond donors (Lipinski definition) is 2. The predicted octanol–water partition coefficient (Wildman–Crippen LogP) is 1.70. The van der Waals surface area contributed by atoms with Crippen LogP contribution < -0.4 is 5.32 Å². The average Bonchev–Trinajstić information content (AvgIpc) is 3.01. The van der Waals surface area contributed by atoms with Gasteiger partial charge in [-0.3, -0.25) is 10.1 Å². The van der Waals surface area contributed by atoms with Gasteiger partial charge in [0.1, 0.15) is 5.54 Å². The van der Waals surface area contributed by atoms with E-state index in [4.69, 9.17) is 0 Å². The lowest BCUT2D eigenvalue weighted by atomic mass is 9.97. The number of hydrogen-bond acceptors (Lipinski definition) is 3. The lowest BCUT2D eigenvalue weighted by Gasteiger charge is -2.30. The Morgan fingerprint density at radius 3 is 2.56 bits per heavy atom. The smallest absolute Gasteiger partial charge is 0.323 e. The maximum absolute atomic E-state index is 11.5. The summed E-state index contributed by atoms with van der Waals surface area (Å²) in [6.07, 6.45) is 4.18. The van der Waals surface area contributed by atoms with Gasteiger partial charge in [0.2, 0.25) is 0 Å². The highest BCUT2D eigenvalue weighted by Crippen LogP contribution is 2.27. The summed E-state index contributed by atoms with van der Waals surface area (Å²) in [7, 11) is 0. The first kappa shape index (κ1) is 13.8. The zero-order valence-corrected chi connectivity index (χ0v) is 11.8. The number of likely N-dealkylation sites (tertiary alicyclic amines) is 1. The molecular weight excluding hydrogens is 228 g/mol. The monoisotopic (exact) mass is 254 g/mol. The maximum atomic E-state index is 11.5. The molecule has 0 aromatic rings. The number of nitrogens with zero attached hydrogens (tertiary/aromatic N) is 1. The molecule has 2 aliphatic rings. The second-order valence-electron chi connectivity index (χ2n) is 6.49. The molecule has 0 aromatic carbocycles. The standard InChI is InChI=1S/C14H26N2O2/c1-10-8-11(2)16(9-10)7-6-14(3,13(17)18)15-12-4-5-12/h10-12,15H,4-9H2,1-3H3,(H,17,18). The van der Waals surface area contributed by atoms with Crippen molar-refractivity contribution >= 4 is 5.97 Å². The van der Waals surface area contributed by atoms with E-state index in [0.29, 0.717) is 18.5 Å². The Labute approximate surface area is 110 Å². The van der Waals surface area contributed by atoms with Crippen molar-refractivity contribution in [2.24, 2.45) is 5.92 Å². The SMILES string of the molecule is CC1CC(C)N(CCC(C)(NC2CC2)C(=O)O)C1. The van der Waals surface area contributed by atoms with Gasteiger partial charge in [-0.05, 0) is 45.4 Å². The van der Waals surface area contributed by atoms with Crippen LogP contribution in [-0.4, -0.2) is 46.7 Å². The zero-order valence-electron chi connectivity index (χ0n) is 11.8. The molecule has 2 N–H and O–H groups in total. The molecule has 3 unspecified atom stereocenters. The van der Waals surface area contributed by atoms with Crippen molar-refractivity contribution in [3.8, 4) is 0 Å². The third kappa shape index (κ3) is 3.23. The predicted molar refractivity (Wildman–Crippen MR) is 71.6 cm³/mol. The molecule has 0 radical (unpaired) electrons. The highest BCUT2D eigenvalue weighted by atomic mass is 16.4. The minimum atomic E-state index is -0.757. The molecule has 1 aliphatic heterocycles. The molecule has 0 aromatic heterocycles. The van der Waals surface area contributed by atoms with E-state index in [1.165, 1.54) is 6.42 Å². The third-order valence-electron chi connectivity index (χ3n) is 4.38. The van der Waals surface area contributed by atoms with Crippen LogP contribution in [0.3, 0.4) is 0 Å². The van der Waals surface area contributed by atoms with Crippen molar-refractivity contribution in [2.75, 3.05) is 13.1 Å². The molecule has 0 bridgehead atoms. The van der Waals surface area contributed by atoms with Crippen molar-refractivity contribution in [3.63, 3.8) is 0 Å². The third-order valence-corrected chi connectivity index (χ3v) is 4.38. The van der Waals surface area contributed by atoms with E-state index in [9.17, 15) is 9.90 Å². The van der Waals surface area contributed by atoms with Gasteiger partial charge in [0.15, 0.2) is 0 Å². The number of rotatable bonds is 6. The topological polar surface area (TPSA) is 52.6 Å². The summed E-state index contributed by atoms with van der Waals surface area (Å²) in [6.45, 7) is 8.34. The molecule has 1 saturated carbocycles. The van der Waals surface area contributed by atoms with Crippen LogP contribution in [0.5, 0.6) is 0 Å². The van der Waals surface area contributed by atoms with Crippen LogP contribution in [-0.2, 0) is 4.79 Å². The molecular formula is C14H26N2O2. The molecule has 4 nitrogen and oxygen atoms in total. The largest absolute Gasteiger partial charge is 0.480 e. The van der Waals surface area contributed by atoms with Crippen molar-refractivity contribution in [1.29, 1.82) is 0 Å². The molecule has 1 saturated heterocycles. The van der Waals surface area contributed by atoms with Gasteiger partial charge in [0.25, 0.3) is 0 Å². The van der Waals surface area contributed by atoms with Crippen molar-refractivity contribution in [3.05, 3.63) is 0 Å². The number of carboxylic acids is 1. The van der Waals surface area contributed by atoms with Crippen molar-refractivity contribution in [2.45, 2.75) is 64.1 Å². The summed E-state index contributed by atoms with van der Waals surface area (Å²) in [5.74, 6) is 0.0294. The maximum Gasteiger partial charge on any atom is 0.323 e. The Hall–Kier alpha value is -0.610. The Bertz CT molecular complexity index is 317. The average molecular weight is 254 g/mol.